The quantitative estimate of drug-likeness (QED) is 0.00540. The second kappa shape index (κ2) is 50.0. The molecule has 44 heteroatoms. The van der Waals surface area contributed by atoms with Crippen molar-refractivity contribution in [2.75, 3.05) is 40.5 Å². The molecule has 6 amide bonds. The van der Waals surface area contributed by atoms with Gasteiger partial charge in [-0.25, -0.2) is 30.0 Å². The first-order valence-electron chi connectivity index (χ1n) is 41.9. The Bertz CT molecular complexity index is 5230. The highest BCUT2D eigenvalue weighted by Crippen LogP contribution is 2.32. The minimum atomic E-state index is -1.78. The van der Waals surface area contributed by atoms with Crippen molar-refractivity contribution < 1.29 is 115 Å². The van der Waals surface area contributed by atoms with Crippen LogP contribution in [0.5, 0.6) is 0 Å². The summed E-state index contributed by atoms with van der Waals surface area (Å²) < 4.78 is 37.7. The first kappa shape index (κ1) is 113. The smallest absolute Gasteiger partial charge is 0.408 e. The number of carboxylic acids is 1. The molecule has 0 bridgehead atoms. The van der Waals surface area contributed by atoms with Gasteiger partial charge in [0, 0.05) is 50.2 Å². The Morgan fingerprint density at radius 1 is 0.537 bits per heavy atom. The number of aliphatic hydroxyl groups is 1. The number of fused-ring (bicyclic) bond motifs is 2. The van der Waals surface area contributed by atoms with Crippen LogP contribution in [-0.2, 0) is 76.3 Å². The molecule has 4 aromatic carbocycles. The number of carbonyl (C=O) groups excluding carboxylic acids is 11. The summed E-state index contributed by atoms with van der Waals surface area (Å²) in [5.74, 6) is -7.92. The van der Waals surface area contributed by atoms with Crippen molar-refractivity contribution in [2.45, 2.75) is 230 Å². The molecule has 2 saturated heterocycles. The van der Waals surface area contributed by atoms with Gasteiger partial charge in [0.1, 0.15) is 65.8 Å². The minimum Gasteiger partial charge on any atom is -0.481 e. The molecule has 0 unspecified atom stereocenters. The molecular formula is C90H114Cl6N12O26. The van der Waals surface area contributed by atoms with Crippen molar-refractivity contribution in [1.29, 1.82) is 0 Å². The summed E-state index contributed by atoms with van der Waals surface area (Å²) in [6.07, 6.45) is 3.23. The fourth-order valence-electron chi connectivity index (χ4n) is 12.2. The number of aryl methyl sites for hydroxylation is 2. The normalized spacial score (nSPS) is 16.1. The third kappa shape index (κ3) is 36.3. The number of methoxy groups -OCH3 is 2. The summed E-state index contributed by atoms with van der Waals surface area (Å²) in [6, 6.07) is 22.4. The molecule has 38 nitrogen and oxygen atoms in total. The van der Waals surface area contributed by atoms with E-state index >= 15 is 0 Å². The lowest BCUT2D eigenvalue weighted by Gasteiger charge is -2.35. The molecule has 6 aromatic rings. The van der Waals surface area contributed by atoms with Crippen molar-refractivity contribution >= 4 is 187 Å². The number of nitro groups is 2. The van der Waals surface area contributed by atoms with E-state index in [1.807, 2.05) is 95.3 Å². The van der Waals surface area contributed by atoms with Gasteiger partial charge >= 0.3 is 48.0 Å². The lowest BCUT2D eigenvalue weighted by atomic mass is 9.92. The highest BCUT2D eigenvalue weighted by molar-refractivity contribution is 6.68. The van der Waals surface area contributed by atoms with Crippen molar-refractivity contribution in [1.82, 2.24) is 52.1 Å². The van der Waals surface area contributed by atoms with E-state index in [0.717, 1.165) is 39.5 Å². The number of alkyl carbamates (subject to hydrolysis) is 2. The SMILES string of the molecule is CO[C@H](C)[C@H](O)C(=O)N[C@@H](C)C(=O)N1CCC[C@@H](C(=O)OCC(Cl)(Cl)Cl)N1.CO[C@H](C)[C@H](OC(=O)C(C)(C)/C=C/c1ccc2ccc([C@@H](C)NC(=O)OC(C)(C)C)nc2c1)C(=O)N[C@@H](C)C(=O)N1CCC[C@@H](C(=O)OCC(Cl)(Cl)Cl)N1.C[C@@H](NC(=O)OC(C)(C)C)c1ccc2ccc(/C=C/C(C)(C)C(=O)O)cc2n1.Cc1cccc([N+](=O)[O-])c1C(=O)OC(=O)c1c(C)cccc1[N+](=O)[O-]. The van der Waals surface area contributed by atoms with Crippen LogP contribution in [0.25, 0.3) is 34.0 Å². The Labute approximate surface area is 804 Å². The number of alkyl halides is 6. The summed E-state index contributed by atoms with van der Waals surface area (Å²) in [4.78, 5) is 179. The molecule has 10 atom stereocenters. The topological polar surface area (TPSA) is 510 Å². The van der Waals surface area contributed by atoms with E-state index in [1.165, 1.54) is 83.1 Å². The fraction of sp³-hybridized carbons (Fsp3) is 0.489. The highest BCUT2D eigenvalue weighted by atomic mass is 35.6. The predicted molar refractivity (Wildman–Crippen MR) is 500 cm³/mol. The zero-order chi connectivity index (χ0) is 101. The van der Waals surface area contributed by atoms with Gasteiger partial charge in [-0.2, -0.15) is 0 Å². The monoisotopic (exact) mass is 1990 g/mol. The van der Waals surface area contributed by atoms with Crippen LogP contribution < -0.4 is 32.1 Å². The predicted octanol–water partition coefficient (Wildman–Crippen LogP) is 14.1. The summed E-state index contributed by atoms with van der Waals surface area (Å²) >= 11 is 33.6. The number of pyridine rings is 2. The maximum atomic E-state index is 13.5. The van der Waals surface area contributed by atoms with Gasteiger partial charge in [0.05, 0.1) is 61.3 Å². The molecule has 2 fully saturated rings. The number of carboxylic acid groups (broad SMARTS) is 1. The summed E-state index contributed by atoms with van der Waals surface area (Å²) in [6.45, 7) is 29.7. The number of ether oxygens (including phenoxy) is 8. The number of nitro benzene ring substituents is 2. The van der Waals surface area contributed by atoms with Crippen LogP contribution >= 0.6 is 69.6 Å². The van der Waals surface area contributed by atoms with Gasteiger partial charge in [-0.05, 0) is 197 Å². The van der Waals surface area contributed by atoms with Gasteiger partial charge in [0.25, 0.3) is 35.0 Å². The van der Waals surface area contributed by atoms with E-state index in [4.69, 9.17) is 108 Å². The Morgan fingerprint density at radius 2 is 0.910 bits per heavy atom. The van der Waals surface area contributed by atoms with Crippen LogP contribution in [0.3, 0.4) is 0 Å². The standard InChI is InChI=1S/C37H50Cl3N5O9.C22H28N2O4.C16H12N2O7.C15H24Cl3N3O6/c1-21(42-34(50)54-35(4,5)6)26-15-14-25-13-12-24(19-28(25)43-26)16-17-36(7,8)33(49)53-29(23(3)51-9)30(46)41-22(2)31(47)45-18-10-11-27(44-45)32(48)52-20-37(38,39)40;1-14(23-20(27)28-21(2,3)4)17-10-9-16-8-7-15(13-18(16)24-17)11-12-22(5,6)19(25)26;1-9-5-3-7-11(17(21)22)13(9)15(19)25-16(20)14-10(2)6-4-8-12(14)18(23)24;1-8(19-12(23)11(22)9(2)26-3)13(24)21-6-4-5-10(20-21)14(25)27-7-15(16,17)18/h12-17,19,21-23,27,29,44H,10-11,18,20H2,1-9H3,(H,41,46)(H,42,50);7-14H,1-6H3,(H,23,27)(H,25,26);3-8H,1-2H3;8-11,20,22H,4-7H2,1-3H3,(H,19,23)/b17-16+;12-11+;;/t21-,22+,23-,27+,29+;14-;;8-,9+,10-,11-/m11.0/s1. The molecule has 8 N–H and O–H groups in total. The van der Waals surface area contributed by atoms with Crippen molar-refractivity contribution in [3.05, 3.63) is 174 Å². The van der Waals surface area contributed by atoms with Crippen molar-refractivity contribution in [3.8, 4) is 0 Å². The van der Waals surface area contributed by atoms with Crippen molar-refractivity contribution in [2.24, 2.45) is 10.8 Å². The van der Waals surface area contributed by atoms with E-state index in [1.54, 1.807) is 79.7 Å². The lowest BCUT2D eigenvalue weighted by molar-refractivity contribution is -0.385. The van der Waals surface area contributed by atoms with E-state index in [0.29, 0.717) is 49.1 Å². The van der Waals surface area contributed by atoms with E-state index in [-0.39, 0.29) is 34.8 Å². The molecule has 2 aliphatic rings. The maximum Gasteiger partial charge on any atom is 0.408 e. The van der Waals surface area contributed by atoms with E-state index < -0.39 is 190 Å². The molecule has 2 aromatic heterocycles. The van der Waals surface area contributed by atoms with E-state index in [2.05, 4.69) is 41.8 Å². The molecule has 8 rings (SSSR count). The molecule has 134 heavy (non-hydrogen) atoms. The van der Waals surface area contributed by atoms with Gasteiger partial charge in [-0.1, -0.05) is 155 Å². The molecule has 0 spiro atoms. The fourth-order valence-corrected chi connectivity index (χ4v) is 12.5. The van der Waals surface area contributed by atoms with Gasteiger partial charge in [-0.15, -0.1) is 0 Å². The maximum absolute atomic E-state index is 13.5. The summed E-state index contributed by atoms with van der Waals surface area (Å²) in [7, 11) is 2.72. The van der Waals surface area contributed by atoms with Crippen LogP contribution in [0.15, 0.2) is 109 Å². The number of aliphatic carboxylic acids is 1. The Kier molecular flexibility index (Phi) is 42.3. The van der Waals surface area contributed by atoms with Gasteiger partial charge in [-0.3, -0.25) is 78.6 Å². The highest BCUT2D eigenvalue weighted by Gasteiger charge is 2.41. The second-order valence-corrected chi connectivity index (χ2v) is 39.4. The summed E-state index contributed by atoms with van der Waals surface area (Å²) in [5, 5.41) is 56.0. The zero-order valence-electron chi connectivity index (χ0n) is 77.6. The zero-order valence-corrected chi connectivity index (χ0v) is 82.2. The lowest BCUT2D eigenvalue weighted by Crippen LogP contribution is -2.60. The molecular weight excluding hydrogens is 1880 g/mol. The Morgan fingerprint density at radius 3 is 1.27 bits per heavy atom. The molecule has 4 heterocycles. The number of benzene rings is 4. The number of hydrazine groups is 2. The number of hydrogen-bond donors (Lipinski definition) is 8. The number of nitrogens with zero attached hydrogens (tertiary/aromatic N) is 6. The Balaban J connectivity index is 0.000000337. The Hall–Kier alpha value is -11.0. The number of aromatic nitrogens is 2. The number of halogens is 6. The van der Waals surface area contributed by atoms with Gasteiger partial charge in [0.2, 0.25) is 13.7 Å². The number of amides is 6. The number of aliphatic hydroxyl groups excluding tert-OH is 1. The third-order valence-corrected chi connectivity index (χ3v) is 20.5. The van der Waals surface area contributed by atoms with E-state index in [9.17, 15) is 88.0 Å². The minimum absolute atomic E-state index is 0.242. The summed E-state index contributed by atoms with van der Waals surface area (Å²) in [5.41, 5.74) is 5.32. The molecule has 732 valence electrons. The molecule has 0 radical (unpaired) electrons. The average molecular weight is 1990 g/mol. The molecule has 0 saturated carbocycles. The first-order chi connectivity index (χ1) is 62.1. The van der Waals surface area contributed by atoms with Gasteiger partial charge < -0.3 is 69.4 Å². The average Bonchev–Trinajstić information content (AvgIpc) is 0.856. The van der Waals surface area contributed by atoms with Crippen molar-refractivity contribution in [3.63, 3.8) is 0 Å². The van der Waals surface area contributed by atoms with Crippen LogP contribution in [0, 0.1) is 44.9 Å². The largest absolute Gasteiger partial charge is 0.481 e. The molecule has 2 aliphatic heterocycles. The van der Waals surface area contributed by atoms with Crippen LogP contribution in [0.4, 0.5) is 21.0 Å². The number of rotatable bonds is 29. The van der Waals surface area contributed by atoms with Gasteiger partial charge in [0.15, 0.2) is 6.10 Å². The molecule has 0 aliphatic carbocycles. The second-order valence-electron chi connectivity index (χ2n) is 34.3. The number of hydrogen-bond acceptors (Lipinski definition) is 29. The third-order valence-electron chi connectivity index (χ3n) is 19.8. The van der Waals surface area contributed by atoms with Crippen LogP contribution in [0.1, 0.15) is 203 Å². The van der Waals surface area contributed by atoms with Crippen LogP contribution in [-0.4, -0.2) is 220 Å². The van der Waals surface area contributed by atoms with Crippen LogP contribution in [0.2, 0.25) is 0 Å². The first-order valence-corrected chi connectivity index (χ1v) is 44.2. The number of esters is 5. The number of nitrogens with one attached hydrogen (secondary N) is 6. The number of carbonyl (C=O) groups is 12.